The lowest BCUT2D eigenvalue weighted by molar-refractivity contribution is -0.116. The van der Waals surface area contributed by atoms with Crippen molar-refractivity contribution in [3.63, 3.8) is 0 Å². The number of hydrazine groups is 1. The average molecular weight is 307 g/mol. The van der Waals surface area contributed by atoms with Crippen molar-refractivity contribution in [1.82, 2.24) is 5.43 Å². The minimum absolute atomic E-state index is 0.378. The monoisotopic (exact) mass is 306 g/mol. The summed E-state index contributed by atoms with van der Waals surface area (Å²) in [6.45, 7) is 0. The molecule has 18 heavy (non-hydrogen) atoms. The smallest absolute Gasteiger partial charge is 0.258 e. The molecule has 4 nitrogen and oxygen atoms in total. The van der Waals surface area contributed by atoms with Crippen molar-refractivity contribution in [3.8, 4) is 11.3 Å². The average Bonchev–Trinajstić information content (AvgIpc) is 2.85. The molecule has 1 aromatic carbocycles. The van der Waals surface area contributed by atoms with Gasteiger partial charge in [-0.3, -0.25) is 10.2 Å². The third-order valence-electron chi connectivity index (χ3n) is 2.30. The summed E-state index contributed by atoms with van der Waals surface area (Å²) in [6.07, 6.45) is 2.87. The Morgan fingerprint density at radius 3 is 2.61 bits per heavy atom. The zero-order chi connectivity index (χ0) is 13.0. The number of hydrogen-bond donors (Lipinski definition) is 2. The number of carbonyl (C=O) groups is 1. The van der Waals surface area contributed by atoms with Crippen LogP contribution in [0, 0.1) is 0 Å². The highest BCUT2D eigenvalue weighted by Crippen LogP contribution is 2.24. The summed E-state index contributed by atoms with van der Waals surface area (Å²) in [5.74, 6) is 5.92. The van der Waals surface area contributed by atoms with Crippen LogP contribution in [-0.2, 0) is 4.79 Å². The Hall–Kier alpha value is -1.85. The van der Waals surface area contributed by atoms with Crippen molar-refractivity contribution in [3.05, 3.63) is 52.7 Å². The molecule has 0 saturated heterocycles. The molecule has 0 unspecified atom stereocenters. The number of hydrogen-bond acceptors (Lipinski definition) is 3. The van der Waals surface area contributed by atoms with Gasteiger partial charge in [0.25, 0.3) is 5.91 Å². The van der Waals surface area contributed by atoms with E-state index in [0.29, 0.717) is 5.76 Å². The number of rotatable bonds is 3. The molecule has 1 amide bonds. The predicted octanol–water partition coefficient (Wildman–Crippen LogP) is 2.71. The molecule has 2 rings (SSSR count). The Bertz CT molecular complexity index is 573. The molecule has 0 radical (unpaired) electrons. The van der Waals surface area contributed by atoms with Gasteiger partial charge in [0.15, 0.2) is 0 Å². The molecule has 0 aliphatic heterocycles. The zero-order valence-corrected chi connectivity index (χ0v) is 11.0. The lowest BCUT2D eigenvalue weighted by atomic mass is 10.2. The minimum atomic E-state index is -0.378. The molecule has 5 heteroatoms. The molecular formula is C13H11BrN2O2. The standard InChI is InChI=1S/C13H11BrN2O2/c14-10-3-1-9(2-4-10)12-7-5-11(18-12)6-8-13(17)16-15/h1-8H,15H2,(H,16,17)/b8-6+. The van der Waals surface area contributed by atoms with Gasteiger partial charge >= 0.3 is 0 Å². The fourth-order valence-electron chi connectivity index (χ4n) is 1.42. The Balaban J connectivity index is 2.18. The number of nitrogens with two attached hydrogens (primary N) is 1. The highest BCUT2D eigenvalue weighted by molar-refractivity contribution is 9.10. The second kappa shape index (κ2) is 5.66. The Labute approximate surface area is 113 Å². The highest BCUT2D eigenvalue weighted by Gasteiger charge is 2.03. The van der Waals surface area contributed by atoms with Crippen LogP contribution in [0.2, 0.25) is 0 Å². The predicted molar refractivity (Wildman–Crippen MR) is 73.2 cm³/mol. The van der Waals surface area contributed by atoms with Crippen LogP contribution in [0.15, 0.2) is 51.4 Å². The number of amides is 1. The first-order valence-electron chi connectivity index (χ1n) is 5.23. The number of carbonyl (C=O) groups excluding carboxylic acids is 1. The van der Waals surface area contributed by atoms with Crippen LogP contribution in [-0.4, -0.2) is 5.91 Å². The van der Waals surface area contributed by atoms with Crippen LogP contribution in [0.25, 0.3) is 17.4 Å². The van der Waals surface area contributed by atoms with Gasteiger partial charge < -0.3 is 4.42 Å². The maximum absolute atomic E-state index is 10.9. The number of benzene rings is 1. The molecule has 0 spiro atoms. The number of halogens is 1. The molecule has 0 saturated carbocycles. The van der Waals surface area contributed by atoms with Gasteiger partial charge in [-0.05, 0) is 30.3 Å². The molecule has 0 atom stereocenters. The van der Waals surface area contributed by atoms with E-state index in [4.69, 9.17) is 10.3 Å². The lowest BCUT2D eigenvalue weighted by Crippen LogP contribution is -2.27. The van der Waals surface area contributed by atoms with Crippen molar-refractivity contribution in [1.29, 1.82) is 0 Å². The fourth-order valence-corrected chi connectivity index (χ4v) is 1.68. The van der Waals surface area contributed by atoms with Gasteiger partial charge in [0.2, 0.25) is 0 Å². The van der Waals surface area contributed by atoms with Crippen LogP contribution in [0.5, 0.6) is 0 Å². The van der Waals surface area contributed by atoms with Gasteiger partial charge in [-0.1, -0.05) is 28.1 Å². The lowest BCUT2D eigenvalue weighted by Gasteiger charge is -1.96. The van der Waals surface area contributed by atoms with E-state index in [9.17, 15) is 4.79 Å². The first kappa shape index (κ1) is 12.6. The van der Waals surface area contributed by atoms with Crippen LogP contribution in [0.4, 0.5) is 0 Å². The van der Waals surface area contributed by atoms with Crippen LogP contribution < -0.4 is 11.3 Å². The largest absolute Gasteiger partial charge is 0.457 e. The number of nitrogens with one attached hydrogen (secondary N) is 1. The molecule has 0 fully saturated rings. The van der Waals surface area contributed by atoms with Gasteiger partial charge in [-0.2, -0.15) is 0 Å². The molecule has 92 valence electrons. The van der Waals surface area contributed by atoms with E-state index in [1.807, 2.05) is 35.8 Å². The van der Waals surface area contributed by atoms with Crippen molar-refractivity contribution in [2.24, 2.45) is 5.84 Å². The topological polar surface area (TPSA) is 68.3 Å². The Morgan fingerprint density at radius 1 is 1.22 bits per heavy atom. The van der Waals surface area contributed by atoms with Crippen molar-refractivity contribution in [2.45, 2.75) is 0 Å². The Kier molecular flexibility index (Phi) is 3.96. The van der Waals surface area contributed by atoms with E-state index in [1.54, 1.807) is 12.1 Å². The van der Waals surface area contributed by atoms with Crippen LogP contribution >= 0.6 is 15.9 Å². The van der Waals surface area contributed by atoms with E-state index in [2.05, 4.69) is 15.9 Å². The van der Waals surface area contributed by atoms with E-state index in [0.717, 1.165) is 15.8 Å². The van der Waals surface area contributed by atoms with E-state index in [-0.39, 0.29) is 5.91 Å². The van der Waals surface area contributed by atoms with E-state index >= 15 is 0 Å². The van der Waals surface area contributed by atoms with Crippen molar-refractivity contribution >= 4 is 27.9 Å². The molecule has 1 aromatic heterocycles. The molecule has 0 aliphatic carbocycles. The zero-order valence-electron chi connectivity index (χ0n) is 9.39. The number of furan rings is 1. The van der Waals surface area contributed by atoms with Crippen molar-refractivity contribution < 1.29 is 9.21 Å². The summed E-state index contributed by atoms with van der Waals surface area (Å²) in [4.78, 5) is 10.9. The third kappa shape index (κ3) is 3.09. The third-order valence-corrected chi connectivity index (χ3v) is 2.83. The quantitative estimate of drug-likeness (QED) is 0.396. The van der Waals surface area contributed by atoms with Gasteiger partial charge in [-0.15, -0.1) is 0 Å². The molecule has 3 N–H and O–H groups in total. The van der Waals surface area contributed by atoms with Crippen LogP contribution in [0.3, 0.4) is 0 Å². The fraction of sp³-hybridized carbons (Fsp3) is 0. The second-order valence-corrected chi connectivity index (χ2v) is 4.47. The van der Waals surface area contributed by atoms with E-state index in [1.165, 1.54) is 6.08 Å². The first-order valence-corrected chi connectivity index (χ1v) is 6.03. The minimum Gasteiger partial charge on any atom is -0.457 e. The normalized spacial score (nSPS) is 10.8. The van der Waals surface area contributed by atoms with Crippen LogP contribution in [0.1, 0.15) is 5.76 Å². The first-order chi connectivity index (χ1) is 8.69. The SMILES string of the molecule is NNC(=O)/C=C/c1ccc(-c2ccc(Br)cc2)o1. The second-order valence-electron chi connectivity index (χ2n) is 3.55. The van der Waals surface area contributed by atoms with Gasteiger partial charge in [-0.25, -0.2) is 5.84 Å². The summed E-state index contributed by atoms with van der Waals surface area (Å²) in [7, 11) is 0. The van der Waals surface area contributed by atoms with Gasteiger partial charge in [0.05, 0.1) is 0 Å². The maximum Gasteiger partial charge on any atom is 0.258 e. The summed E-state index contributed by atoms with van der Waals surface area (Å²) >= 11 is 3.37. The summed E-state index contributed by atoms with van der Waals surface area (Å²) in [6, 6.07) is 11.4. The molecular weight excluding hydrogens is 296 g/mol. The Morgan fingerprint density at radius 2 is 1.94 bits per heavy atom. The molecule has 0 bridgehead atoms. The maximum atomic E-state index is 10.9. The summed E-state index contributed by atoms with van der Waals surface area (Å²) in [5.41, 5.74) is 2.98. The molecule has 1 heterocycles. The summed E-state index contributed by atoms with van der Waals surface area (Å²) < 4.78 is 6.59. The van der Waals surface area contributed by atoms with E-state index < -0.39 is 0 Å². The van der Waals surface area contributed by atoms with Gasteiger partial charge in [0.1, 0.15) is 11.5 Å². The molecule has 2 aromatic rings. The highest BCUT2D eigenvalue weighted by atomic mass is 79.9. The van der Waals surface area contributed by atoms with Gasteiger partial charge in [0, 0.05) is 16.1 Å². The molecule has 0 aliphatic rings. The summed E-state index contributed by atoms with van der Waals surface area (Å²) in [5, 5.41) is 0. The van der Waals surface area contributed by atoms with Crippen molar-refractivity contribution in [2.75, 3.05) is 0 Å².